The average molecular weight is 383 g/mol. The fourth-order valence-electron chi connectivity index (χ4n) is 3.10. The summed E-state index contributed by atoms with van der Waals surface area (Å²) in [6, 6.07) is 4.86. The van der Waals surface area contributed by atoms with Gasteiger partial charge in [0.05, 0.1) is 17.2 Å². The third-order valence-corrected chi connectivity index (χ3v) is 4.37. The van der Waals surface area contributed by atoms with Crippen LogP contribution in [0.25, 0.3) is 0 Å². The molecule has 1 aromatic rings. The molecule has 148 valence electrons. The highest BCUT2D eigenvalue weighted by Gasteiger charge is 2.37. The van der Waals surface area contributed by atoms with Gasteiger partial charge in [-0.2, -0.15) is 18.4 Å². The summed E-state index contributed by atoms with van der Waals surface area (Å²) in [5, 5.41) is 8.94. The van der Waals surface area contributed by atoms with Gasteiger partial charge in [-0.25, -0.2) is 4.79 Å². The summed E-state index contributed by atoms with van der Waals surface area (Å²) in [5.41, 5.74) is -1.59. The Hall–Kier alpha value is -2.43. The Morgan fingerprint density at radius 3 is 2.33 bits per heavy atom. The maximum absolute atomic E-state index is 13.2. The van der Waals surface area contributed by atoms with Crippen molar-refractivity contribution in [3.63, 3.8) is 0 Å². The molecule has 27 heavy (non-hydrogen) atoms. The van der Waals surface area contributed by atoms with Crippen LogP contribution in [-0.2, 0) is 10.9 Å². The van der Waals surface area contributed by atoms with Gasteiger partial charge in [-0.05, 0) is 52.8 Å². The van der Waals surface area contributed by atoms with Crippen molar-refractivity contribution in [2.45, 2.75) is 58.5 Å². The van der Waals surface area contributed by atoms with Crippen LogP contribution >= 0.6 is 0 Å². The molecule has 1 aliphatic heterocycles. The van der Waals surface area contributed by atoms with E-state index in [1.165, 1.54) is 12.1 Å². The van der Waals surface area contributed by atoms with E-state index in [4.69, 9.17) is 10.00 Å². The molecule has 1 unspecified atom stereocenters. The van der Waals surface area contributed by atoms with E-state index >= 15 is 0 Å². The molecule has 2 rings (SSSR count). The number of carbonyl (C=O) groups is 1. The molecule has 2 atom stereocenters. The Bertz CT molecular complexity index is 750. The number of halogens is 3. The molecule has 0 aliphatic carbocycles. The van der Waals surface area contributed by atoms with Gasteiger partial charge in [-0.1, -0.05) is 0 Å². The number of piperazine rings is 1. The number of rotatable bonds is 1. The second-order valence-corrected chi connectivity index (χ2v) is 7.82. The van der Waals surface area contributed by atoms with E-state index in [0.717, 1.165) is 6.07 Å². The Labute approximate surface area is 157 Å². The van der Waals surface area contributed by atoms with E-state index in [2.05, 4.69) is 0 Å². The second-order valence-electron chi connectivity index (χ2n) is 7.82. The lowest BCUT2D eigenvalue weighted by atomic mass is 10.0. The van der Waals surface area contributed by atoms with E-state index in [-0.39, 0.29) is 12.1 Å². The molecular formula is C19H24F3N3O2. The van der Waals surface area contributed by atoms with Gasteiger partial charge < -0.3 is 14.5 Å². The summed E-state index contributed by atoms with van der Waals surface area (Å²) < 4.78 is 45.1. The molecule has 1 aromatic carbocycles. The molecule has 0 aromatic heterocycles. The third-order valence-electron chi connectivity index (χ3n) is 4.37. The summed E-state index contributed by atoms with van der Waals surface area (Å²) in [4.78, 5) is 15.8. The van der Waals surface area contributed by atoms with Gasteiger partial charge in [-0.15, -0.1) is 0 Å². The summed E-state index contributed by atoms with van der Waals surface area (Å²) in [5.74, 6) is 0. The predicted molar refractivity (Wildman–Crippen MR) is 95.4 cm³/mol. The number of anilines is 1. The Morgan fingerprint density at radius 1 is 1.19 bits per heavy atom. The number of alkyl halides is 3. The predicted octanol–water partition coefficient (Wildman–Crippen LogP) is 4.41. The van der Waals surface area contributed by atoms with Crippen molar-refractivity contribution in [3.8, 4) is 6.07 Å². The lowest BCUT2D eigenvalue weighted by Gasteiger charge is -2.45. The van der Waals surface area contributed by atoms with Crippen molar-refractivity contribution in [2.24, 2.45) is 0 Å². The van der Waals surface area contributed by atoms with Crippen molar-refractivity contribution in [1.82, 2.24) is 4.90 Å². The molecule has 0 saturated carbocycles. The molecule has 1 aliphatic rings. The average Bonchev–Trinajstić information content (AvgIpc) is 2.53. The molecule has 8 heteroatoms. The maximum Gasteiger partial charge on any atom is 0.417 e. The van der Waals surface area contributed by atoms with Crippen molar-refractivity contribution in [2.75, 3.05) is 18.0 Å². The van der Waals surface area contributed by atoms with Crippen LogP contribution in [0.5, 0.6) is 0 Å². The molecule has 1 saturated heterocycles. The zero-order chi connectivity index (χ0) is 20.6. The van der Waals surface area contributed by atoms with E-state index in [1.807, 2.05) is 18.7 Å². The van der Waals surface area contributed by atoms with Gasteiger partial charge in [0.15, 0.2) is 0 Å². The summed E-state index contributed by atoms with van der Waals surface area (Å²) in [6.07, 6.45) is -5.04. The molecular weight excluding hydrogens is 359 g/mol. The molecule has 0 N–H and O–H groups in total. The minimum atomic E-state index is -4.60. The van der Waals surface area contributed by atoms with Crippen LogP contribution in [0.1, 0.15) is 45.7 Å². The van der Waals surface area contributed by atoms with E-state index < -0.39 is 29.0 Å². The van der Waals surface area contributed by atoms with Crippen LogP contribution in [-0.4, -0.2) is 41.8 Å². The summed E-state index contributed by atoms with van der Waals surface area (Å²) in [7, 11) is 0. The Balaban J connectivity index is 2.25. The van der Waals surface area contributed by atoms with Crippen molar-refractivity contribution in [1.29, 1.82) is 5.26 Å². The SMILES string of the molecule is CC1CN(C(=O)OC(C)(C)C)[C@@H](C)CN1c1ccc(C#N)c(C(F)(F)F)c1. The molecule has 5 nitrogen and oxygen atoms in total. The van der Waals surface area contributed by atoms with Crippen molar-refractivity contribution >= 4 is 11.8 Å². The maximum atomic E-state index is 13.2. The summed E-state index contributed by atoms with van der Waals surface area (Å²) in [6.45, 7) is 9.72. The fourth-order valence-corrected chi connectivity index (χ4v) is 3.10. The van der Waals surface area contributed by atoms with Crippen LogP contribution in [0.4, 0.5) is 23.7 Å². The molecule has 1 fully saturated rings. The van der Waals surface area contributed by atoms with Gasteiger partial charge in [0.25, 0.3) is 0 Å². The van der Waals surface area contributed by atoms with Gasteiger partial charge in [0.2, 0.25) is 0 Å². The molecule has 0 spiro atoms. The van der Waals surface area contributed by atoms with Crippen LogP contribution in [0.15, 0.2) is 18.2 Å². The van der Waals surface area contributed by atoms with Crippen molar-refractivity contribution < 1.29 is 22.7 Å². The second kappa shape index (κ2) is 7.29. The number of carbonyl (C=O) groups excluding carboxylic acids is 1. The van der Waals surface area contributed by atoms with E-state index in [9.17, 15) is 18.0 Å². The number of amides is 1. The van der Waals surface area contributed by atoms with Gasteiger partial charge in [0.1, 0.15) is 5.60 Å². The van der Waals surface area contributed by atoms with Crippen LogP contribution < -0.4 is 4.90 Å². The molecule has 1 amide bonds. The topological polar surface area (TPSA) is 56.6 Å². The quantitative estimate of drug-likeness (QED) is 0.721. The number of nitrogens with zero attached hydrogens (tertiary/aromatic N) is 3. The van der Waals surface area contributed by atoms with Gasteiger partial charge >= 0.3 is 12.3 Å². The fraction of sp³-hybridized carbons (Fsp3) is 0.579. The molecule has 1 heterocycles. The Morgan fingerprint density at radius 2 is 1.81 bits per heavy atom. The highest BCUT2D eigenvalue weighted by Crippen LogP contribution is 2.35. The third kappa shape index (κ3) is 4.85. The minimum Gasteiger partial charge on any atom is -0.444 e. The van der Waals surface area contributed by atoms with Crippen LogP contribution in [0.3, 0.4) is 0 Å². The van der Waals surface area contributed by atoms with Crippen LogP contribution in [0.2, 0.25) is 0 Å². The first-order valence-electron chi connectivity index (χ1n) is 8.71. The van der Waals surface area contributed by atoms with Gasteiger partial charge in [0, 0.05) is 30.9 Å². The smallest absolute Gasteiger partial charge is 0.417 e. The first-order chi connectivity index (χ1) is 12.3. The zero-order valence-corrected chi connectivity index (χ0v) is 16.1. The Kier molecular flexibility index (Phi) is 5.64. The monoisotopic (exact) mass is 383 g/mol. The molecule has 0 radical (unpaired) electrons. The number of ether oxygens (including phenoxy) is 1. The number of nitriles is 1. The highest BCUT2D eigenvalue weighted by molar-refractivity contribution is 5.69. The lowest BCUT2D eigenvalue weighted by molar-refractivity contribution is -0.137. The number of hydrogen-bond acceptors (Lipinski definition) is 4. The first kappa shape index (κ1) is 20.9. The van der Waals surface area contributed by atoms with Gasteiger partial charge in [-0.3, -0.25) is 0 Å². The normalized spacial score (nSPS) is 21.0. The van der Waals surface area contributed by atoms with E-state index in [0.29, 0.717) is 18.8 Å². The zero-order valence-electron chi connectivity index (χ0n) is 16.1. The van der Waals surface area contributed by atoms with Crippen LogP contribution in [0, 0.1) is 11.3 Å². The molecule has 0 bridgehead atoms. The number of benzene rings is 1. The minimum absolute atomic E-state index is 0.206. The van der Waals surface area contributed by atoms with Crippen molar-refractivity contribution in [3.05, 3.63) is 29.3 Å². The first-order valence-corrected chi connectivity index (χ1v) is 8.71. The standard InChI is InChI=1S/C19H24F3N3O2/c1-12-11-25(17(26)27-18(3,4)5)13(2)10-24(12)15-7-6-14(9-23)16(8-15)19(20,21)22/h6-8,12-13H,10-11H2,1-5H3/t12?,13-/m0/s1. The lowest BCUT2D eigenvalue weighted by Crippen LogP contribution is -2.59. The van der Waals surface area contributed by atoms with E-state index in [1.54, 1.807) is 31.7 Å². The largest absolute Gasteiger partial charge is 0.444 e. The highest BCUT2D eigenvalue weighted by atomic mass is 19.4. The number of hydrogen-bond donors (Lipinski definition) is 0. The summed E-state index contributed by atoms with van der Waals surface area (Å²) >= 11 is 0.